The highest BCUT2D eigenvalue weighted by Crippen LogP contribution is 2.26. The zero-order chi connectivity index (χ0) is 17.8. The lowest BCUT2D eigenvalue weighted by Crippen LogP contribution is -2.34. The summed E-state index contributed by atoms with van der Waals surface area (Å²) in [6, 6.07) is 16.5. The summed E-state index contributed by atoms with van der Waals surface area (Å²) in [5.41, 5.74) is 6.27. The highest BCUT2D eigenvalue weighted by Gasteiger charge is 2.10. The van der Waals surface area contributed by atoms with Gasteiger partial charge in [-0.3, -0.25) is 10.7 Å². The lowest BCUT2D eigenvalue weighted by Gasteiger charge is -2.10. The van der Waals surface area contributed by atoms with Gasteiger partial charge in [0.1, 0.15) is 0 Å². The Morgan fingerprint density at radius 1 is 0.960 bits per heavy atom. The number of aromatic nitrogens is 2. The van der Waals surface area contributed by atoms with Gasteiger partial charge >= 0.3 is 6.03 Å². The Balaban J connectivity index is 2.08. The van der Waals surface area contributed by atoms with Crippen molar-refractivity contribution in [3.8, 4) is 22.5 Å². The first-order valence-electron chi connectivity index (χ1n) is 7.55. The molecule has 0 aliphatic carbocycles. The fraction of sp³-hybridized carbons (Fsp3) is 0.0556. The van der Waals surface area contributed by atoms with Crippen molar-refractivity contribution < 1.29 is 4.79 Å². The molecule has 0 fully saturated rings. The molecule has 0 aliphatic rings. The van der Waals surface area contributed by atoms with Gasteiger partial charge < -0.3 is 0 Å². The van der Waals surface area contributed by atoms with Crippen LogP contribution in [0.1, 0.15) is 5.56 Å². The Kier molecular flexibility index (Phi) is 4.92. The molecule has 0 saturated heterocycles. The van der Waals surface area contributed by atoms with Gasteiger partial charge in [0, 0.05) is 16.1 Å². The molecule has 3 rings (SSSR count). The molecule has 0 aliphatic heterocycles. The maximum absolute atomic E-state index is 11.5. The van der Waals surface area contributed by atoms with Crippen molar-refractivity contribution in [2.24, 2.45) is 5.84 Å². The predicted octanol–water partition coefficient (Wildman–Crippen LogP) is 3.77. The van der Waals surface area contributed by atoms with E-state index >= 15 is 0 Å². The van der Waals surface area contributed by atoms with Crippen molar-refractivity contribution in [1.82, 2.24) is 15.4 Å². The molecule has 3 aromatic rings. The molecular weight excluding hydrogens is 338 g/mol. The molecular formula is C18H16ClN5O. The molecule has 1 heterocycles. The molecule has 0 radical (unpaired) electrons. The monoisotopic (exact) mass is 353 g/mol. The fourth-order valence-corrected chi connectivity index (χ4v) is 2.41. The SMILES string of the molecule is Cc1ccc(-c2cc(-c3ccc(Cl)cc3)nc(NC(=O)NN)n2)cc1. The van der Waals surface area contributed by atoms with Crippen LogP contribution in [0.5, 0.6) is 0 Å². The number of urea groups is 1. The van der Waals surface area contributed by atoms with Crippen molar-refractivity contribution in [1.29, 1.82) is 0 Å². The molecule has 6 nitrogen and oxygen atoms in total. The number of hydrogen-bond donors (Lipinski definition) is 3. The van der Waals surface area contributed by atoms with Gasteiger partial charge in [-0.2, -0.15) is 0 Å². The van der Waals surface area contributed by atoms with Crippen LogP contribution in [0.3, 0.4) is 0 Å². The quantitative estimate of drug-likeness (QED) is 0.379. The third-order valence-electron chi connectivity index (χ3n) is 3.57. The van der Waals surface area contributed by atoms with Crippen molar-refractivity contribution in [3.63, 3.8) is 0 Å². The molecule has 2 amide bonds. The third kappa shape index (κ3) is 4.12. The van der Waals surface area contributed by atoms with Crippen LogP contribution in [0.2, 0.25) is 5.02 Å². The lowest BCUT2D eigenvalue weighted by molar-refractivity contribution is 0.252. The fourth-order valence-electron chi connectivity index (χ4n) is 2.28. The van der Waals surface area contributed by atoms with Crippen LogP contribution >= 0.6 is 11.6 Å². The molecule has 0 unspecified atom stereocenters. The van der Waals surface area contributed by atoms with E-state index in [1.165, 1.54) is 0 Å². The number of nitrogens with one attached hydrogen (secondary N) is 2. The molecule has 0 saturated carbocycles. The Morgan fingerprint density at radius 3 is 2.00 bits per heavy atom. The van der Waals surface area contributed by atoms with E-state index in [0.717, 1.165) is 16.7 Å². The van der Waals surface area contributed by atoms with Crippen LogP contribution in [0, 0.1) is 6.92 Å². The zero-order valence-electron chi connectivity index (χ0n) is 13.5. The zero-order valence-corrected chi connectivity index (χ0v) is 14.2. The van der Waals surface area contributed by atoms with Crippen molar-refractivity contribution >= 4 is 23.6 Å². The van der Waals surface area contributed by atoms with Gasteiger partial charge in [-0.05, 0) is 25.1 Å². The molecule has 0 bridgehead atoms. The lowest BCUT2D eigenvalue weighted by atomic mass is 10.1. The highest BCUT2D eigenvalue weighted by atomic mass is 35.5. The third-order valence-corrected chi connectivity index (χ3v) is 3.82. The second-order valence-corrected chi connectivity index (χ2v) is 5.87. The minimum atomic E-state index is -0.594. The van der Waals surface area contributed by atoms with E-state index in [1.807, 2.05) is 54.8 Å². The van der Waals surface area contributed by atoms with Crippen LogP contribution in [0.25, 0.3) is 22.5 Å². The first-order chi connectivity index (χ1) is 12.0. The summed E-state index contributed by atoms with van der Waals surface area (Å²) in [5.74, 6) is 5.28. The van der Waals surface area contributed by atoms with Crippen molar-refractivity contribution in [3.05, 3.63) is 65.2 Å². The van der Waals surface area contributed by atoms with Gasteiger partial charge in [0.25, 0.3) is 0 Å². The number of nitrogens with two attached hydrogens (primary N) is 1. The van der Waals surface area contributed by atoms with E-state index in [9.17, 15) is 4.79 Å². The van der Waals surface area contributed by atoms with Crippen LogP contribution < -0.4 is 16.6 Å². The number of carbonyl (C=O) groups is 1. The standard InChI is InChI=1S/C18H16ClN5O/c1-11-2-4-12(5-3-11)15-10-16(13-6-8-14(19)9-7-13)22-17(21-15)23-18(25)24-20/h2-10H,20H2,1H3,(H2,21,22,23,24,25). The molecule has 25 heavy (non-hydrogen) atoms. The molecule has 2 aromatic carbocycles. The number of aryl methyl sites for hydroxylation is 1. The maximum Gasteiger partial charge on any atom is 0.335 e. The number of hydrazine groups is 1. The number of rotatable bonds is 3. The predicted molar refractivity (Wildman–Crippen MR) is 99.0 cm³/mol. The first kappa shape index (κ1) is 16.9. The molecule has 1 aromatic heterocycles. The number of amides is 2. The first-order valence-corrected chi connectivity index (χ1v) is 7.92. The van der Waals surface area contributed by atoms with Gasteiger partial charge in [-0.1, -0.05) is 53.6 Å². The summed E-state index contributed by atoms with van der Waals surface area (Å²) >= 11 is 5.95. The van der Waals surface area contributed by atoms with Crippen LogP contribution in [-0.4, -0.2) is 16.0 Å². The summed E-state index contributed by atoms with van der Waals surface area (Å²) in [7, 11) is 0. The largest absolute Gasteiger partial charge is 0.335 e. The Morgan fingerprint density at radius 2 is 1.48 bits per heavy atom. The average Bonchev–Trinajstić information content (AvgIpc) is 2.62. The van der Waals surface area contributed by atoms with Crippen LogP contribution in [-0.2, 0) is 0 Å². The minimum Gasteiger partial charge on any atom is -0.276 e. The van der Waals surface area contributed by atoms with Gasteiger partial charge in [0.2, 0.25) is 5.95 Å². The van der Waals surface area contributed by atoms with E-state index in [-0.39, 0.29) is 5.95 Å². The van der Waals surface area contributed by atoms with E-state index in [4.69, 9.17) is 17.4 Å². The van der Waals surface area contributed by atoms with E-state index in [2.05, 4.69) is 15.3 Å². The van der Waals surface area contributed by atoms with Crippen molar-refractivity contribution in [2.75, 3.05) is 5.32 Å². The normalized spacial score (nSPS) is 10.4. The summed E-state index contributed by atoms with van der Waals surface area (Å²) in [6.07, 6.45) is 0. The average molecular weight is 354 g/mol. The topological polar surface area (TPSA) is 92.9 Å². The van der Waals surface area contributed by atoms with Gasteiger partial charge in [0.05, 0.1) is 11.4 Å². The summed E-state index contributed by atoms with van der Waals surface area (Å²) in [5, 5.41) is 3.15. The number of anilines is 1. The summed E-state index contributed by atoms with van der Waals surface area (Å²) in [6.45, 7) is 2.02. The number of benzene rings is 2. The number of halogens is 1. The summed E-state index contributed by atoms with van der Waals surface area (Å²) < 4.78 is 0. The Hall–Kier alpha value is -2.96. The highest BCUT2D eigenvalue weighted by molar-refractivity contribution is 6.30. The molecule has 0 atom stereocenters. The molecule has 7 heteroatoms. The van der Waals surface area contributed by atoms with Gasteiger partial charge in [0.15, 0.2) is 0 Å². The number of hydrogen-bond acceptors (Lipinski definition) is 4. The van der Waals surface area contributed by atoms with E-state index in [1.54, 1.807) is 12.1 Å². The van der Waals surface area contributed by atoms with Crippen LogP contribution in [0.4, 0.5) is 10.7 Å². The summed E-state index contributed by atoms with van der Waals surface area (Å²) in [4.78, 5) is 20.3. The second-order valence-electron chi connectivity index (χ2n) is 5.43. The van der Waals surface area contributed by atoms with E-state index < -0.39 is 6.03 Å². The molecule has 126 valence electrons. The Labute approximate surface area is 150 Å². The van der Waals surface area contributed by atoms with Gasteiger partial charge in [-0.15, -0.1) is 0 Å². The second kappa shape index (κ2) is 7.29. The number of carbonyl (C=O) groups excluding carboxylic acids is 1. The van der Waals surface area contributed by atoms with Gasteiger partial charge in [-0.25, -0.2) is 20.6 Å². The van der Waals surface area contributed by atoms with E-state index in [0.29, 0.717) is 16.4 Å². The van der Waals surface area contributed by atoms with Crippen molar-refractivity contribution in [2.45, 2.75) is 6.92 Å². The number of nitrogens with zero attached hydrogens (tertiary/aromatic N) is 2. The molecule has 0 spiro atoms. The molecule has 4 N–H and O–H groups in total. The Bertz CT molecular complexity index is 831. The maximum atomic E-state index is 11.5. The smallest absolute Gasteiger partial charge is 0.276 e. The minimum absolute atomic E-state index is 0.158. The van der Waals surface area contributed by atoms with Crippen LogP contribution in [0.15, 0.2) is 54.6 Å².